The van der Waals surface area contributed by atoms with Crippen molar-refractivity contribution in [3.63, 3.8) is 0 Å². The van der Waals surface area contributed by atoms with Crippen molar-refractivity contribution in [2.45, 2.75) is 69.9 Å². The Hall–Kier alpha value is -0.610. The van der Waals surface area contributed by atoms with Gasteiger partial charge in [-0.3, -0.25) is 4.79 Å². The number of hydrogen-bond donors (Lipinski definition) is 2. The Kier molecular flexibility index (Phi) is 6.11. The Bertz CT molecular complexity index is 277. The third-order valence-electron chi connectivity index (χ3n) is 4.50. The van der Waals surface area contributed by atoms with Crippen LogP contribution in [0, 0.1) is 5.92 Å². The molecule has 2 atom stereocenters. The van der Waals surface area contributed by atoms with Gasteiger partial charge in [0.2, 0.25) is 5.91 Å². The highest BCUT2D eigenvalue weighted by molar-refractivity contribution is 5.76. The van der Waals surface area contributed by atoms with Crippen LogP contribution in [-0.4, -0.2) is 31.2 Å². The molecule has 1 amide bonds. The molecule has 4 nitrogen and oxygen atoms in total. The van der Waals surface area contributed by atoms with E-state index in [2.05, 4.69) is 5.32 Å². The number of carbonyl (C=O) groups is 1. The second kappa shape index (κ2) is 7.85. The van der Waals surface area contributed by atoms with Gasteiger partial charge in [0.25, 0.3) is 0 Å². The molecule has 4 heteroatoms. The van der Waals surface area contributed by atoms with Crippen molar-refractivity contribution in [2.24, 2.45) is 11.7 Å². The van der Waals surface area contributed by atoms with Gasteiger partial charge >= 0.3 is 0 Å². The topological polar surface area (TPSA) is 64.4 Å². The summed E-state index contributed by atoms with van der Waals surface area (Å²) in [6.45, 7) is 1.28. The van der Waals surface area contributed by atoms with Crippen LogP contribution in [0.1, 0.15) is 57.8 Å². The molecule has 0 aromatic heterocycles. The maximum absolute atomic E-state index is 11.8. The zero-order valence-corrected chi connectivity index (χ0v) is 11.9. The Morgan fingerprint density at radius 3 is 2.53 bits per heavy atom. The van der Waals surface area contributed by atoms with Gasteiger partial charge in [0.15, 0.2) is 0 Å². The van der Waals surface area contributed by atoms with Crippen LogP contribution in [0.3, 0.4) is 0 Å². The normalized spacial score (nSPS) is 28.5. The standard InChI is InChI=1S/C15H28N2O2/c16-14-8-4-1-5-12(14)11-15(18)17-9-10-19-13-6-2-3-7-13/h12-14H,1-11,16H2,(H,17,18). The first kappa shape index (κ1) is 14.8. The summed E-state index contributed by atoms with van der Waals surface area (Å²) < 4.78 is 5.73. The number of ether oxygens (including phenoxy) is 1. The van der Waals surface area contributed by atoms with Gasteiger partial charge in [0, 0.05) is 19.0 Å². The number of amides is 1. The summed E-state index contributed by atoms with van der Waals surface area (Å²) in [6.07, 6.45) is 10.6. The third-order valence-corrected chi connectivity index (χ3v) is 4.50. The average molecular weight is 268 g/mol. The molecule has 0 heterocycles. The molecule has 2 rings (SSSR count). The third kappa shape index (κ3) is 5.11. The molecular weight excluding hydrogens is 240 g/mol. The summed E-state index contributed by atoms with van der Waals surface area (Å²) in [7, 11) is 0. The summed E-state index contributed by atoms with van der Waals surface area (Å²) >= 11 is 0. The first-order chi connectivity index (χ1) is 9.25. The first-order valence-electron chi connectivity index (χ1n) is 7.89. The Labute approximate surface area is 116 Å². The Balaban J connectivity index is 1.53. The Morgan fingerprint density at radius 2 is 1.79 bits per heavy atom. The molecule has 0 saturated heterocycles. The number of hydrogen-bond acceptors (Lipinski definition) is 3. The molecule has 110 valence electrons. The van der Waals surface area contributed by atoms with Gasteiger partial charge in [-0.25, -0.2) is 0 Å². The largest absolute Gasteiger partial charge is 0.376 e. The fraction of sp³-hybridized carbons (Fsp3) is 0.933. The van der Waals surface area contributed by atoms with E-state index in [0.29, 0.717) is 31.6 Å². The van der Waals surface area contributed by atoms with E-state index in [1.54, 1.807) is 0 Å². The molecular formula is C15H28N2O2. The number of nitrogens with two attached hydrogens (primary N) is 1. The number of nitrogens with one attached hydrogen (secondary N) is 1. The highest BCUT2D eigenvalue weighted by Crippen LogP contribution is 2.25. The van der Waals surface area contributed by atoms with E-state index in [1.165, 1.54) is 38.5 Å². The molecule has 0 radical (unpaired) electrons. The van der Waals surface area contributed by atoms with Gasteiger partial charge in [-0.2, -0.15) is 0 Å². The summed E-state index contributed by atoms with van der Waals surface area (Å²) in [5.41, 5.74) is 6.06. The maximum atomic E-state index is 11.8. The summed E-state index contributed by atoms with van der Waals surface area (Å²) in [5.74, 6) is 0.516. The van der Waals surface area contributed by atoms with Gasteiger partial charge in [-0.15, -0.1) is 0 Å². The molecule has 2 fully saturated rings. The Morgan fingerprint density at radius 1 is 1.11 bits per heavy atom. The molecule has 3 N–H and O–H groups in total. The number of rotatable bonds is 6. The second-order valence-electron chi connectivity index (χ2n) is 6.04. The fourth-order valence-electron chi connectivity index (χ4n) is 3.27. The van der Waals surface area contributed by atoms with E-state index in [4.69, 9.17) is 10.5 Å². The van der Waals surface area contributed by atoms with Crippen LogP contribution in [0.5, 0.6) is 0 Å². The monoisotopic (exact) mass is 268 g/mol. The summed E-state index contributed by atoms with van der Waals surface area (Å²) in [4.78, 5) is 11.8. The van der Waals surface area contributed by atoms with Crippen LogP contribution >= 0.6 is 0 Å². The smallest absolute Gasteiger partial charge is 0.220 e. The minimum Gasteiger partial charge on any atom is -0.376 e. The van der Waals surface area contributed by atoms with Gasteiger partial charge in [-0.1, -0.05) is 25.7 Å². The van der Waals surface area contributed by atoms with E-state index >= 15 is 0 Å². The van der Waals surface area contributed by atoms with Crippen LogP contribution in [0.25, 0.3) is 0 Å². The van der Waals surface area contributed by atoms with E-state index in [-0.39, 0.29) is 11.9 Å². The SMILES string of the molecule is NC1CCCCC1CC(=O)NCCOC1CCCC1. The molecule has 0 aromatic carbocycles. The van der Waals surface area contributed by atoms with E-state index in [9.17, 15) is 4.79 Å². The maximum Gasteiger partial charge on any atom is 0.220 e. The van der Waals surface area contributed by atoms with E-state index in [1.807, 2.05) is 0 Å². The molecule has 2 aliphatic rings. The molecule has 0 bridgehead atoms. The highest BCUT2D eigenvalue weighted by Gasteiger charge is 2.24. The van der Waals surface area contributed by atoms with Crippen molar-refractivity contribution in [1.29, 1.82) is 0 Å². The van der Waals surface area contributed by atoms with Gasteiger partial charge in [0.1, 0.15) is 0 Å². The molecule has 0 aliphatic heterocycles. The molecule has 2 saturated carbocycles. The van der Waals surface area contributed by atoms with Crippen molar-refractivity contribution in [2.75, 3.05) is 13.2 Å². The molecule has 2 unspecified atom stereocenters. The average Bonchev–Trinajstić information content (AvgIpc) is 2.91. The zero-order chi connectivity index (χ0) is 13.5. The van der Waals surface area contributed by atoms with E-state index < -0.39 is 0 Å². The number of carbonyl (C=O) groups excluding carboxylic acids is 1. The molecule has 0 spiro atoms. The lowest BCUT2D eigenvalue weighted by Crippen LogP contribution is -2.37. The van der Waals surface area contributed by atoms with Crippen molar-refractivity contribution in [1.82, 2.24) is 5.32 Å². The first-order valence-corrected chi connectivity index (χ1v) is 7.89. The summed E-state index contributed by atoms with van der Waals surface area (Å²) in [6, 6.07) is 0.217. The van der Waals surface area contributed by atoms with Gasteiger partial charge < -0.3 is 15.8 Å². The van der Waals surface area contributed by atoms with Crippen molar-refractivity contribution >= 4 is 5.91 Å². The lowest BCUT2D eigenvalue weighted by Gasteiger charge is -2.27. The van der Waals surface area contributed by atoms with Crippen molar-refractivity contribution < 1.29 is 9.53 Å². The fourth-order valence-corrected chi connectivity index (χ4v) is 3.27. The highest BCUT2D eigenvalue weighted by atomic mass is 16.5. The predicted octanol–water partition coefficient (Wildman–Crippen LogP) is 1.97. The van der Waals surface area contributed by atoms with Crippen LogP contribution in [0.2, 0.25) is 0 Å². The van der Waals surface area contributed by atoms with E-state index in [0.717, 1.165) is 12.8 Å². The van der Waals surface area contributed by atoms with Crippen molar-refractivity contribution in [3.05, 3.63) is 0 Å². The molecule has 0 aromatic rings. The van der Waals surface area contributed by atoms with Crippen LogP contribution in [0.4, 0.5) is 0 Å². The van der Waals surface area contributed by atoms with Crippen LogP contribution < -0.4 is 11.1 Å². The lowest BCUT2D eigenvalue weighted by atomic mass is 9.83. The second-order valence-corrected chi connectivity index (χ2v) is 6.04. The van der Waals surface area contributed by atoms with Crippen LogP contribution in [0.15, 0.2) is 0 Å². The molecule has 2 aliphatic carbocycles. The van der Waals surface area contributed by atoms with Crippen LogP contribution in [-0.2, 0) is 9.53 Å². The zero-order valence-electron chi connectivity index (χ0n) is 11.9. The predicted molar refractivity (Wildman–Crippen MR) is 75.8 cm³/mol. The van der Waals surface area contributed by atoms with Gasteiger partial charge in [0.05, 0.1) is 12.7 Å². The quantitative estimate of drug-likeness (QED) is 0.724. The van der Waals surface area contributed by atoms with Gasteiger partial charge in [-0.05, 0) is 31.6 Å². The minimum absolute atomic E-state index is 0.136. The molecule has 19 heavy (non-hydrogen) atoms. The summed E-state index contributed by atoms with van der Waals surface area (Å²) in [5, 5.41) is 2.95. The minimum atomic E-state index is 0.136. The lowest BCUT2D eigenvalue weighted by molar-refractivity contribution is -0.122. The van der Waals surface area contributed by atoms with Crippen molar-refractivity contribution in [3.8, 4) is 0 Å².